The molecule has 0 amide bonds. The minimum absolute atomic E-state index is 1.09. The van der Waals surface area contributed by atoms with Gasteiger partial charge in [-0.25, -0.2) is 0 Å². The van der Waals surface area contributed by atoms with Crippen LogP contribution >= 0.6 is 0 Å². The van der Waals surface area contributed by atoms with Gasteiger partial charge in [-0.15, -0.1) is 0 Å². The van der Waals surface area contributed by atoms with Crippen molar-refractivity contribution in [3.63, 3.8) is 0 Å². The summed E-state index contributed by atoms with van der Waals surface area (Å²) in [7, 11) is 0. The summed E-state index contributed by atoms with van der Waals surface area (Å²) in [6.45, 7) is 0. The third-order valence-corrected chi connectivity index (χ3v) is 12.3. The highest BCUT2D eigenvalue weighted by Gasteiger charge is 2.22. The summed E-state index contributed by atoms with van der Waals surface area (Å²) >= 11 is 0. The van der Waals surface area contributed by atoms with Gasteiger partial charge in [-0.05, 0) is 120 Å². The van der Waals surface area contributed by atoms with E-state index in [1.807, 2.05) is 0 Å². The second-order valence-corrected chi connectivity index (χ2v) is 15.7. The largest absolute Gasteiger partial charge is 0.310 e. The van der Waals surface area contributed by atoms with Crippen LogP contribution < -0.4 is 4.90 Å². The van der Waals surface area contributed by atoms with Crippen molar-refractivity contribution in [3.05, 3.63) is 231 Å². The van der Waals surface area contributed by atoms with Gasteiger partial charge in [-0.1, -0.05) is 176 Å². The zero-order valence-electron chi connectivity index (χ0n) is 32.8. The number of anilines is 3. The molecule has 12 rings (SSSR count). The maximum atomic E-state index is 2.44. The Morgan fingerprint density at radius 2 is 0.733 bits per heavy atom. The van der Waals surface area contributed by atoms with Crippen LogP contribution in [0.2, 0.25) is 0 Å². The molecule has 0 aliphatic rings. The summed E-state index contributed by atoms with van der Waals surface area (Å²) in [5.74, 6) is 0. The molecular weight excluding hydrogens is 725 g/mol. The van der Waals surface area contributed by atoms with Gasteiger partial charge in [0.1, 0.15) is 0 Å². The van der Waals surface area contributed by atoms with Crippen molar-refractivity contribution in [1.29, 1.82) is 0 Å². The van der Waals surface area contributed by atoms with Crippen LogP contribution in [0.3, 0.4) is 0 Å². The fraction of sp³-hybridized carbons (Fsp3) is 0. The lowest BCUT2D eigenvalue weighted by molar-refractivity contribution is 1.18. The first kappa shape index (κ1) is 34.1. The highest BCUT2D eigenvalue weighted by atomic mass is 15.1. The van der Waals surface area contributed by atoms with Crippen LogP contribution in [-0.2, 0) is 0 Å². The molecule has 0 N–H and O–H groups in total. The molecule has 0 unspecified atom stereocenters. The molecule has 0 radical (unpaired) electrons. The first-order chi connectivity index (χ1) is 29.8. The summed E-state index contributed by atoms with van der Waals surface area (Å²) < 4.78 is 2.44. The quantitative estimate of drug-likeness (QED) is 0.153. The van der Waals surface area contributed by atoms with Gasteiger partial charge in [-0.2, -0.15) is 0 Å². The maximum Gasteiger partial charge on any atom is 0.0561 e. The fourth-order valence-corrected chi connectivity index (χ4v) is 9.58. The second kappa shape index (κ2) is 13.9. The van der Waals surface area contributed by atoms with Crippen LogP contribution in [-0.4, -0.2) is 4.57 Å². The molecule has 0 fully saturated rings. The van der Waals surface area contributed by atoms with E-state index in [0.29, 0.717) is 0 Å². The van der Waals surface area contributed by atoms with Crippen molar-refractivity contribution < 1.29 is 0 Å². The number of aromatic nitrogens is 1. The molecule has 11 aromatic carbocycles. The first-order valence-electron chi connectivity index (χ1n) is 20.7. The zero-order chi connectivity index (χ0) is 39.6. The monoisotopic (exact) mass is 762 g/mol. The molecule has 280 valence electrons. The number of nitrogens with zero attached hydrogens (tertiary/aromatic N) is 2. The van der Waals surface area contributed by atoms with E-state index < -0.39 is 0 Å². The van der Waals surface area contributed by atoms with Crippen LogP contribution in [0.25, 0.3) is 92.8 Å². The average Bonchev–Trinajstić information content (AvgIpc) is 3.65. The van der Waals surface area contributed by atoms with Gasteiger partial charge in [0.15, 0.2) is 0 Å². The van der Waals surface area contributed by atoms with E-state index >= 15 is 0 Å². The minimum Gasteiger partial charge on any atom is -0.310 e. The Kier molecular flexibility index (Phi) is 7.89. The standard InChI is InChI=1S/C58H38N2/c1-3-17-41(18-4-1)57-53-25-12-11-23-49(53)50-33-31-47(37-54(50)58(57)42-19-5-2-6-20-42)59(45-29-27-39-15-7-9-21-43(39)35-45)48-32-34-52-51-24-13-14-26-55(51)60(56(52)38-48)46-30-28-40-16-8-10-22-44(40)36-46/h1-38H. The average molecular weight is 763 g/mol. The molecule has 0 saturated heterocycles. The molecule has 0 aliphatic carbocycles. The molecule has 2 heteroatoms. The predicted molar refractivity (Wildman–Crippen MR) is 256 cm³/mol. The van der Waals surface area contributed by atoms with Crippen molar-refractivity contribution in [2.45, 2.75) is 0 Å². The van der Waals surface area contributed by atoms with Gasteiger partial charge < -0.3 is 9.47 Å². The number of para-hydroxylation sites is 1. The molecule has 0 bridgehead atoms. The van der Waals surface area contributed by atoms with Crippen molar-refractivity contribution in [3.8, 4) is 27.9 Å². The number of benzene rings is 11. The number of rotatable bonds is 6. The molecule has 0 aliphatic heterocycles. The normalized spacial score (nSPS) is 11.7. The Labute approximate surface area is 348 Å². The highest BCUT2D eigenvalue weighted by Crippen LogP contribution is 2.47. The van der Waals surface area contributed by atoms with E-state index in [1.165, 1.54) is 81.6 Å². The number of hydrogen-bond donors (Lipinski definition) is 0. The maximum absolute atomic E-state index is 2.44. The Hall–Kier alpha value is -7.94. The van der Waals surface area contributed by atoms with Gasteiger partial charge in [-0.3, -0.25) is 0 Å². The summed E-state index contributed by atoms with van der Waals surface area (Å²) in [5.41, 5.74) is 11.7. The Morgan fingerprint density at radius 3 is 1.45 bits per heavy atom. The highest BCUT2D eigenvalue weighted by molar-refractivity contribution is 6.22. The third kappa shape index (κ3) is 5.50. The van der Waals surface area contributed by atoms with E-state index in [-0.39, 0.29) is 0 Å². The van der Waals surface area contributed by atoms with Crippen LogP contribution in [0.15, 0.2) is 231 Å². The number of fused-ring (bicyclic) bond motifs is 8. The molecule has 0 atom stereocenters. The van der Waals surface area contributed by atoms with E-state index in [9.17, 15) is 0 Å². The van der Waals surface area contributed by atoms with Crippen LogP contribution in [0, 0.1) is 0 Å². The molecule has 0 spiro atoms. The van der Waals surface area contributed by atoms with Crippen LogP contribution in [0.5, 0.6) is 0 Å². The molecule has 1 aromatic heterocycles. The van der Waals surface area contributed by atoms with Gasteiger partial charge in [0.05, 0.1) is 11.0 Å². The minimum atomic E-state index is 1.09. The lowest BCUT2D eigenvalue weighted by Gasteiger charge is -2.27. The Bertz CT molecular complexity index is 3600. The molecule has 2 nitrogen and oxygen atoms in total. The molecule has 60 heavy (non-hydrogen) atoms. The van der Waals surface area contributed by atoms with E-state index in [4.69, 9.17) is 0 Å². The SMILES string of the molecule is c1ccc(-c2c(-c3ccccc3)c3cc(N(c4ccc5ccccc5c4)c4ccc5c6ccccc6n(-c6ccc7ccccc7c6)c5c4)ccc3c3ccccc23)cc1. The van der Waals surface area contributed by atoms with Crippen molar-refractivity contribution >= 4 is 82.0 Å². The smallest absolute Gasteiger partial charge is 0.0561 e. The van der Waals surface area contributed by atoms with E-state index in [1.54, 1.807) is 0 Å². The summed E-state index contributed by atoms with van der Waals surface area (Å²) in [6.07, 6.45) is 0. The van der Waals surface area contributed by atoms with Crippen LogP contribution in [0.4, 0.5) is 17.1 Å². The zero-order valence-corrected chi connectivity index (χ0v) is 32.8. The molecule has 12 aromatic rings. The third-order valence-electron chi connectivity index (χ3n) is 12.3. The summed E-state index contributed by atoms with van der Waals surface area (Å²) in [4.78, 5) is 2.44. The fourth-order valence-electron chi connectivity index (χ4n) is 9.58. The van der Waals surface area contributed by atoms with Gasteiger partial charge in [0, 0.05) is 33.5 Å². The van der Waals surface area contributed by atoms with Crippen molar-refractivity contribution in [2.75, 3.05) is 4.90 Å². The topological polar surface area (TPSA) is 8.17 Å². The molecular formula is C58H38N2. The van der Waals surface area contributed by atoms with E-state index in [0.717, 1.165) is 28.3 Å². The Morgan fingerprint density at radius 1 is 0.267 bits per heavy atom. The van der Waals surface area contributed by atoms with Gasteiger partial charge >= 0.3 is 0 Å². The second-order valence-electron chi connectivity index (χ2n) is 15.7. The van der Waals surface area contributed by atoms with Crippen molar-refractivity contribution in [1.82, 2.24) is 4.57 Å². The van der Waals surface area contributed by atoms with Gasteiger partial charge in [0.2, 0.25) is 0 Å². The lowest BCUT2D eigenvalue weighted by Crippen LogP contribution is -2.10. The summed E-state index contributed by atoms with van der Waals surface area (Å²) in [5, 5.41) is 12.3. The van der Waals surface area contributed by atoms with E-state index in [2.05, 4.69) is 240 Å². The lowest BCUT2D eigenvalue weighted by atomic mass is 9.85. The number of hydrogen-bond acceptors (Lipinski definition) is 1. The van der Waals surface area contributed by atoms with Gasteiger partial charge in [0.25, 0.3) is 0 Å². The molecule has 1 heterocycles. The van der Waals surface area contributed by atoms with Crippen LogP contribution in [0.1, 0.15) is 0 Å². The summed E-state index contributed by atoms with van der Waals surface area (Å²) in [6, 6.07) is 84.5. The molecule has 0 saturated carbocycles. The first-order valence-corrected chi connectivity index (χ1v) is 20.7. The van der Waals surface area contributed by atoms with Crippen molar-refractivity contribution in [2.24, 2.45) is 0 Å². The Balaban J connectivity index is 1.16. The predicted octanol–water partition coefficient (Wildman–Crippen LogP) is 16.2.